The molecule has 0 amide bonds. The minimum Gasteiger partial charge on any atom is -0.489 e. The van der Waals surface area contributed by atoms with Crippen molar-refractivity contribution in [3.05, 3.63) is 48.0 Å². The van der Waals surface area contributed by atoms with Gasteiger partial charge in [0.2, 0.25) is 0 Å². The molecule has 1 atom stereocenters. The second kappa shape index (κ2) is 6.72. The quantitative estimate of drug-likeness (QED) is 0.764. The van der Waals surface area contributed by atoms with Gasteiger partial charge < -0.3 is 14.5 Å². The highest BCUT2D eigenvalue weighted by atomic mass is 19.4. The van der Waals surface area contributed by atoms with Gasteiger partial charge in [-0.2, -0.15) is 13.2 Å². The number of alkyl halides is 3. The fraction of sp³-hybridized carbons (Fsp3) is 0.381. The fourth-order valence-electron chi connectivity index (χ4n) is 3.71. The molecular weight excluding hydrogens is 369 g/mol. The van der Waals surface area contributed by atoms with Crippen LogP contribution in [-0.4, -0.2) is 31.5 Å². The maximum absolute atomic E-state index is 13.0. The number of fused-ring (bicyclic) bond motifs is 1. The number of nitrogens with zero attached hydrogens (tertiary/aromatic N) is 2. The molecule has 2 aromatic carbocycles. The van der Waals surface area contributed by atoms with E-state index in [-0.39, 0.29) is 23.5 Å². The van der Waals surface area contributed by atoms with Gasteiger partial charge in [-0.15, -0.1) is 0 Å². The van der Waals surface area contributed by atoms with Gasteiger partial charge in [0.05, 0.1) is 23.2 Å². The second-order valence-electron chi connectivity index (χ2n) is 7.44. The van der Waals surface area contributed by atoms with Gasteiger partial charge in [-0.1, -0.05) is 6.07 Å². The summed E-state index contributed by atoms with van der Waals surface area (Å²) in [7, 11) is 0. The van der Waals surface area contributed by atoms with Crippen LogP contribution in [0.1, 0.15) is 19.4 Å². The maximum atomic E-state index is 13.0. The summed E-state index contributed by atoms with van der Waals surface area (Å²) in [6, 6.07) is 11.5. The Morgan fingerprint density at radius 2 is 1.82 bits per heavy atom. The predicted octanol–water partition coefficient (Wildman–Crippen LogP) is 4.65. The number of anilines is 3. The van der Waals surface area contributed by atoms with Crippen molar-refractivity contribution in [1.29, 1.82) is 0 Å². The predicted molar refractivity (Wildman–Crippen MR) is 101 cm³/mol. The monoisotopic (exact) mass is 390 g/mol. The van der Waals surface area contributed by atoms with Crippen LogP contribution >= 0.6 is 0 Å². The average Bonchev–Trinajstić information content (AvgIpc) is 2.59. The number of hydrogen-bond acceptors (Lipinski definition) is 4. The molecule has 1 unspecified atom stereocenters. The molecule has 4 rings (SSSR count). The molecule has 7 heteroatoms. The Labute approximate surface area is 161 Å². The Balaban J connectivity index is 1.65. The minimum atomic E-state index is -4.41. The fourth-order valence-corrected chi connectivity index (χ4v) is 3.71. The maximum Gasteiger partial charge on any atom is 0.416 e. The lowest BCUT2D eigenvalue weighted by Gasteiger charge is -2.41. The zero-order chi connectivity index (χ0) is 20.1. The third-order valence-electron chi connectivity index (χ3n) is 5.40. The Bertz CT molecular complexity index is 907. The standard InChI is InChI=1S/C21H21F3N2O2/c1-13-12-28-20-8-16(21(22,23)24)6-7-19(20)26(13)18-5-3-4-17(9-18)25-10-15(11-25)14(2)27/h3-9,13,15H,10-12H2,1-2H3. The molecule has 148 valence electrons. The number of hydrogen-bond donors (Lipinski definition) is 0. The lowest BCUT2D eigenvalue weighted by atomic mass is 9.95. The van der Waals surface area contributed by atoms with Crippen LogP contribution in [0.4, 0.5) is 30.2 Å². The van der Waals surface area contributed by atoms with Crippen LogP contribution in [0.5, 0.6) is 5.75 Å². The third kappa shape index (κ3) is 3.30. The summed E-state index contributed by atoms with van der Waals surface area (Å²) in [5.41, 5.74) is 1.79. The van der Waals surface area contributed by atoms with Gasteiger partial charge >= 0.3 is 6.18 Å². The van der Waals surface area contributed by atoms with Gasteiger partial charge in [-0.3, -0.25) is 4.79 Å². The van der Waals surface area contributed by atoms with Crippen molar-refractivity contribution in [2.75, 3.05) is 29.5 Å². The van der Waals surface area contributed by atoms with E-state index >= 15 is 0 Å². The van der Waals surface area contributed by atoms with Crippen LogP contribution in [0.25, 0.3) is 0 Å². The lowest BCUT2D eigenvalue weighted by Crippen LogP contribution is -2.49. The van der Waals surface area contributed by atoms with E-state index in [2.05, 4.69) is 4.90 Å². The first-order valence-electron chi connectivity index (χ1n) is 9.23. The number of benzene rings is 2. The number of rotatable bonds is 3. The largest absolute Gasteiger partial charge is 0.489 e. The van der Waals surface area contributed by atoms with E-state index in [0.29, 0.717) is 25.4 Å². The summed E-state index contributed by atoms with van der Waals surface area (Å²) in [5, 5.41) is 0. The summed E-state index contributed by atoms with van der Waals surface area (Å²) in [6.07, 6.45) is -4.41. The topological polar surface area (TPSA) is 32.8 Å². The molecule has 0 saturated carbocycles. The summed E-state index contributed by atoms with van der Waals surface area (Å²) >= 11 is 0. The molecular formula is C21H21F3N2O2. The van der Waals surface area contributed by atoms with Crippen molar-refractivity contribution in [3.63, 3.8) is 0 Å². The van der Waals surface area contributed by atoms with E-state index in [1.807, 2.05) is 36.1 Å². The molecule has 0 spiro atoms. The Hall–Kier alpha value is -2.70. The highest BCUT2D eigenvalue weighted by Gasteiger charge is 2.34. The number of carbonyl (C=O) groups excluding carboxylic acids is 1. The molecule has 0 radical (unpaired) electrons. The second-order valence-corrected chi connectivity index (χ2v) is 7.44. The smallest absolute Gasteiger partial charge is 0.416 e. The summed E-state index contributed by atoms with van der Waals surface area (Å²) in [4.78, 5) is 15.6. The van der Waals surface area contributed by atoms with Gasteiger partial charge in [0.1, 0.15) is 18.1 Å². The van der Waals surface area contributed by atoms with Crippen molar-refractivity contribution in [1.82, 2.24) is 0 Å². The zero-order valence-electron chi connectivity index (χ0n) is 15.7. The summed E-state index contributed by atoms with van der Waals surface area (Å²) < 4.78 is 44.7. The SMILES string of the molecule is CC(=O)C1CN(c2cccc(N3c4ccc(C(F)(F)F)cc4OCC3C)c2)C1. The molecule has 0 bridgehead atoms. The number of carbonyl (C=O) groups is 1. The van der Waals surface area contributed by atoms with E-state index in [9.17, 15) is 18.0 Å². The van der Waals surface area contributed by atoms with Gasteiger partial charge in [-0.05, 0) is 50.2 Å². The van der Waals surface area contributed by atoms with E-state index in [0.717, 1.165) is 23.5 Å². The van der Waals surface area contributed by atoms with Gasteiger partial charge in [0, 0.05) is 24.5 Å². The van der Waals surface area contributed by atoms with Crippen LogP contribution in [0, 0.1) is 5.92 Å². The highest BCUT2D eigenvalue weighted by Crippen LogP contribution is 2.43. The van der Waals surface area contributed by atoms with Gasteiger partial charge in [-0.25, -0.2) is 0 Å². The van der Waals surface area contributed by atoms with Crippen molar-refractivity contribution in [2.45, 2.75) is 26.1 Å². The van der Waals surface area contributed by atoms with Crippen molar-refractivity contribution < 1.29 is 22.7 Å². The average molecular weight is 390 g/mol. The molecule has 28 heavy (non-hydrogen) atoms. The Kier molecular flexibility index (Phi) is 4.48. The Morgan fingerprint density at radius 3 is 2.50 bits per heavy atom. The van der Waals surface area contributed by atoms with E-state index in [1.54, 1.807) is 6.92 Å². The zero-order valence-corrected chi connectivity index (χ0v) is 15.7. The van der Waals surface area contributed by atoms with Crippen molar-refractivity contribution in [2.24, 2.45) is 5.92 Å². The summed E-state index contributed by atoms with van der Waals surface area (Å²) in [6.45, 7) is 5.28. The molecule has 0 aliphatic carbocycles. The normalized spacial score (nSPS) is 19.7. The minimum absolute atomic E-state index is 0.0270. The molecule has 2 aliphatic heterocycles. The first-order chi connectivity index (χ1) is 13.2. The molecule has 0 N–H and O–H groups in total. The van der Waals surface area contributed by atoms with Crippen molar-refractivity contribution in [3.8, 4) is 5.75 Å². The van der Waals surface area contributed by atoms with Gasteiger partial charge in [0.15, 0.2) is 0 Å². The summed E-state index contributed by atoms with van der Waals surface area (Å²) in [5.74, 6) is 0.509. The number of halogens is 3. The van der Waals surface area contributed by atoms with E-state index in [4.69, 9.17) is 4.74 Å². The van der Waals surface area contributed by atoms with E-state index < -0.39 is 11.7 Å². The van der Waals surface area contributed by atoms with Crippen molar-refractivity contribution >= 4 is 22.8 Å². The number of ketones is 1. The molecule has 2 heterocycles. The molecule has 2 aromatic rings. The number of ether oxygens (including phenoxy) is 1. The Morgan fingerprint density at radius 1 is 1.11 bits per heavy atom. The molecule has 0 aromatic heterocycles. The first-order valence-corrected chi connectivity index (χ1v) is 9.23. The van der Waals surface area contributed by atoms with Gasteiger partial charge in [0.25, 0.3) is 0 Å². The first kappa shape index (κ1) is 18.7. The van der Waals surface area contributed by atoms with Crippen LogP contribution in [-0.2, 0) is 11.0 Å². The van der Waals surface area contributed by atoms with Crippen LogP contribution < -0.4 is 14.5 Å². The third-order valence-corrected chi connectivity index (χ3v) is 5.40. The molecule has 1 fully saturated rings. The van der Waals surface area contributed by atoms with Crippen LogP contribution in [0.15, 0.2) is 42.5 Å². The molecule has 4 nitrogen and oxygen atoms in total. The van der Waals surface area contributed by atoms with Crippen LogP contribution in [0.3, 0.4) is 0 Å². The van der Waals surface area contributed by atoms with E-state index in [1.165, 1.54) is 6.07 Å². The van der Waals surface area contributed by atoms with Crippen LogP contribution in [0.2, 0.25) is 0 Å². The highest BCUT2D eigenvalue weighted by molar-refractivity contribution is 5.82. The molecule has 1 saturated heterocycles. The number of Topliss-reactive ketones (excluding diaryl/α,β-unsaturated/α-hetero) is 1. The molecule has 2 aliphatic rings. The lowest BCUT2D eigenvalue weighted by molar-refractivity contribution is -0.137.